The van der Waals surface area contributed by atoms with Gasteiger partial charge in [0.15, 0.2) is 5.69 Å². The van der Waals surface area contributed by atoms with E-state index in [1.165, 1.54) is 14.2 Å². The van der Waals surface area contributed by atoms with E-state index >= 15 is 0 Å². The first-order valence-electron chi connectivity index (χ1n) is 10.1. The minimum Gasteiger partial charge on any atom is -0.497 e. The number of pyridine rings is 1. The molecule has 0 aliphatic heterocycles. The van der Waals surface area contributed by atoms with Crippen LogP contribution in [-0.2, 0) is 13.0 Å². The summed E-state index contributed by atoms with van der Waals surface area (Å²) in [7, 11) is 4.60. The van der Waals surface area contributed by atoms with Gasteiger partial charge in [0.05, 0.1) is 21.3 Å². The van der Waals surface area contributed by atoms with Crippen LogP contribution in [0.5, 0.6) is 23.1 Å². The molecule has 9 heteroatoms. The Morgan fingerprint density at radius 3 is 2.27 bits per heavy atom. The summed E-state index contributed by atoms with van der Waals surface area (Å²) in [6.07, 6.45) is 0.450. The van der Waals surface area contributed by atoms with Crippen LogP contribution in [-0.4, -0.2) is 31.0 Å². The van der Waals surface area contributed by atoms with Gasteiger partial charge in [0, 0.05) is 18.2 Å². The molecule has 33 heavy (non-hydrogen) atoms. The van der Waals surface area contributed by atoms with Crippen LogP contribution < -0.4 is 19.8 Å². The van der Waals surface area contributed by atoms with Gasteiger partial charge in [-0.25, -0.2) is 0 Å². The number of rotatable bonds is 8. The number of aryl methyl sites for hydroxylation is 1. The molecule has 170 valence electrons. The number of hydrogen-bond donors (Lipinski definition) is 1. The summed E-state index contributed by atoms with van der Waals surface area (Å²) in [5.74, 6) is 1.31. The van der Waals surface area contributed by atoms with Gasteiger partial charge in [-0.3, -0.25) is 9.36 Å². The van der Waals surface area contributed by atoms with Crippen LogP contribution in [0.15, 0.2) is 57.5 Å². The molecule has 1 heterocycles. The van der Waals surface area contributed by atoms with Gasteiger partial charge in [-0.05, 0) is 43.2 Å². The first-order chi connectivity index (χ1) is 15.9. The van der Waals surface area contributed by atoms with E-state index in [0.29, 0.717) is 23.6 Å². The maximum atomic E-state index is 13.2. The van der Waals surface area contributed by atoms with Crippen LogP contribution in [0.3, 0.4) is 0 Å². The quantitative estimate of drug-likeness (QED) is 0.510. The van der Waals surface area contributed by atoms with Crippen molar-refractivity contribution in [1.82, 2.24) is 4.57 Å². The van der Waals surface area contributed by atoms with Gasteiger partial charge >= 0.3 is 0 Å². The molecule has 0 aliphatic rings. The predicted molar refractivity (Wildman–Crippen MR) is 122 cm³/mol. The summed E-state index contributed by atoms with van der Waals surface area (Å²) in [5.41, 5.74) is 0.909. The summed E-state index contributed by atoms with van der Waals surface area (Å²) < 4.78 is 16.8. The van der Waals surface area contributed by atoms with Crippen molar-refractivity contribution in [2.75, 3.05) is 21.3 Å². The van der Waals surface area contributed by atoms with Gasteiger partial charge < -0.3 is 19.3 Å². The number of nitrogens with zero attached hydrogens (tertiary/aromatic N) is 4. The van der Waals surface area contributed by atoms with Crippen molar-refractivity contribution in [1.29, 1.82) is 5.26 Å². The lowest BCUT2D eigenvalue weighted by Gasteiger charge is -2.13. The Labute approximate surface area is 191 Å². The Morgan fingerprint density at radius 2 is 1.67 bits per heavy atom. The maximum absolute atomic E-state index is 13.2. The highest BCUT2D eigenvalue weighted by Crippen LogP contribution is 2.33. The molecular weight excluding hydrogens is 424 g/mol. The third-order valence-electron chi connectivity index (χ3n) is 5.20. The minimum atomic E-state index is -0.553. The Kier molecular flexibility index (Phi) is 7.31. The molecule has 0 bridgehead atoms. The molecule has 0 fully saturated rings. The molecule has 2 aromatic carbocycles. The fourth-order valence-corrected chi connectivity index (χ4v) is 3.28. The summed E-state index contributed by atoms with van der Waals surface area (Å²) in [6.45, 7) is 1.70. The van der Waals surface area contributed by atoms with E-state index in [4.69, 9.17) is 14.2 Å². The highest BCUT2D eigenvalue weighted by atomic mass is 16.5. The van der Waals surface area contributed by atoms with Crippen molar-refractivity contribution >= 4 is 11.4 Å². The fourth-order valence-electron chi connectivity index (χ4n) is 3.28. The second kappa shape index (κ2) is 10.3. The van der Waals surface area contributed by atoms with E-state index < -0.39 is 11.4 Å². The fraction of sp³-hybridized carbons (Fsp3) is 0.250. The SMILES string of the molecule is COc1ccc(CCn2c(O)c(C#N)c(C)c(N=Nc3cc(OC)ccc3OC)c2=O)cc1. The molecule has 9 nitrogen and oxygen atoms in total. The van der Waals surface area contributed by atoms with Crippen molar-refractivity contribution in [3.63, 3.8) is 0 Å². The number of ether oxygens (including phenoxy) is 3. The number of aromatic nitrogens is 1. The first-order valence-corrected chi connectivity index (χ1v) is 10.1. The average Bonchev–Trinajstić information content (AvgIpc) is 2.84. The zero-order valence-corrected chi connectivity index (χ0v) is 18.8. The van der Waals surface area contributed by atoms with Crippen LogP contribution in [0.4, 0.5) is 11.4 Å². The number of aromatic hydroxyl groups is 1. The molecule has 0 radical (unpaired) electrons. The summed E-state index contributed by atoms with van der Waals surface area (Å²) in [4.78, 5) is 13.2. The van der Waals surface area contributed by atoms with Gasteiger partial charge in [0.25, 0.3) is 5.56 Å². The highest BCUT2D eigenvalue weighted by Gasteiger charge is 2.19. The molecule has 0 saturated carbocycles. The molecule has 0 amide bonds. The zero-order valence-electron chi connectivity index (χ0n) is 18.8. The van der Waals surface area contributed by atoms with Crippen molar-refractivity contribution < 1.29 is 19.3 Å². The van der Waals surface area contributed by atoms with E-state index in [-0.39, 0.29) is 23.4 Å². The second-order valence-electron chi connectivity index (χ2n) is 7.08. The largest absolute Gasteiger partial charge is 0.497 e. The van der Waals surface area contributed by atoms with E-state index in [9.17, 15) is 15.2 Å². The number of benzene rings is 2. The normalized spacial score (nSPS) is 10.8. The first kappa shape index (κ1) is 23.3. The molecule has 0 unspecified atom stereocenters. The molecule has 0 atom stereocenters. The summed E-state index contributed by atoms with van der Waals surface area (Å²) in [6, 6.07) is 14.3. The van der Waals surface area contributed by atoms with E-state index in [2.05, 4.69) is 10.2 Å². The van der Waals surface area contributed by atoms with Gasteiger partial charge in [0.2, 0.25) is 5.88 Å². The molecule has 1 N–H and O–H groups in total. The number of methoxy groups -OCH3 is 3. The Morgan fingerprint density at radius 1 is 1.00 bits per heavy atom. The Hall–Kier alpha value is -4.32. The van der Waals surface area contributed by atoms with Gasteiger partial charge in [-0.2, -0.15) is 5.26 Å². The molecule has 3 aromatic rings. The smallest absolute Gasteiger partial charge is 0.281 e. The monoisotopic (exact) mass is 448 g/mol. The van der Waals surface area contributed by atoms with Gasteiger partial charge in [-0.1, -0.05) is 12.1 Å². The van der Waals surface area contributed by atoms with Crippen molar-refractivity contribution in [3.05, 3.63) is 69.5 Å². The minimum absolute atomic E-state index is 0.0316. The summed E-state index contributed by atoms with van der Waals surface area (Å²) >= 11 is 0. The van der Waals surface area contributed by atoms with E-state index in [0.717, 1.165) is 15.9 Å². The van der Waals surface area contributed by atoms with Crippen molar-refractivity contribution in [2.24, 2.45) is 10.2 Å². The lowest BCUT2D eigenvalue weighted by Crippen LogP contribution is -2.22. The standard InChI is InChI=1S/C24H24N4O5/c1-15-19(14-25)23(29)28(12-11-16-5-7-17(31-2)8-6-16)24(30)22(15)27-26-20-13-18(32-3)9-10-21(20)33-4/h5-10,13,29H,11-12H2,1-4H3. The van der Waals surface area contributed by atoms with E-state index in [1.807, 2.05) is 30.3 Å². The second-order valence-corrected chi connectivity index (χ2v) is 7.08. The molecule has 0 aliphatic carbocycles. The van der Waals surface area contributed by atoms with E-state index in [1.54, 1.807) is 32.2 Å². The van der Waals surface area contributed by atoms with Crippen LogP contribution >= 0.6 is 0 Å². The molecule has 3 rings (SSSR count). The van der Waals surface area contributed by atoms with Crippen LogP contribution in [0.25, 0.3) is 0 Å². The lowest BCUT2D eigenvalue weighted by molar-refractivity contribution is 0.403. The van der Waals surface area contributed by atoms with Gasteiger partial charge in [-0.15, -0.1) is 10.2 Å². The predicted octanol–water partition coefficient (Wildman–Crippen LogP) is 4.42. The Bertz CT molecular complexity index is 1270. The van der Waals surface area contributed by atoms with Crippen LogP contribution in [0, 0.1) is 18.3 Å². The van der Waals surface area contributed by atoms with Crippen LogP contribution in [0.1, 0.15) is 16.7 Å². The van der Waals surface area contributed by atoms with Gasteiger partial charge in [0.1, 0.15) is 34.6 Å². The number of hydrogen-bond acceptors (Lipinski definition) is 8. The molecule has 1 aromatic heterocycles. The topological polar surface area (TPSA) is 118 Å². The third-order valence-corrected chi connectivity index (χ3v) is 5.20. The van der Waals surface area contributed by atoms with Crippen LogP contribution in [0.2, 0.25) is 0 Å². The van der Waals surface area contributed by atoms with Crippen molar-refractivity contribution in [3.8, 4) is 29.2 Å². The lowest BCUT2D eigenvalue weighted by atomic mass is 10.1. The Balaban J connectivity index is 2.01. The molecular formula is C24H24N4O5. The number of azo groups is 1. The zero-order chi connectivity index (χ0) is 24.0. The van der Waals surface area contributed by atoms with Crippen molar-refractivity contribution in [2.45, 2.75) is 19.9 Å². The summed E-state index contributed by atoms with van der Waals surface area (Å²) in [5, 5.41) is 28.4. The third kappa shape index (κ3) is 4.96. The molecule has 0 spiro atoms. The number of nitriles is 1. The maximum Gasteiger partial charge on any atom is 0.281 e. The highest BCUT2D eigenvalue weighted by molar-refractivity contribution is 5.58. The average molecular weight is 448 g/mol. The molecule has 0 saturated heterocycles.